The molecule has 2 aromatic carbocycles. The van der Waals surface area contributed by atoms with Crippen LogP contribution in [0, 0.1) is 6.92 Å². The second-order valence-corrected chi connectivity index (χ2v) is 7.73. The highest BCUT2D eigenvalue weighted by atomic mass is 16.5. The highest BCUT2D eigenvalue weighted by molar-refractivity contribution is 6.52. The van der Waals surface area contributed by atoms with Crippen molar-refractivity contribution >= 4 is 17.4 Å². The van der Waals surface area contributed by atoms with Crippen molar-refractivity contribution in [1.29, 1.82) is 0 Å². The molecule has 0 radical (unpaired) electrons. The van der Waals surface area contributed by atoms with Crippen molar-refractivity contribution in [2.45, 2.75) is 13.5 Å². The number of aryl methyl sites for hydroxylation is 1. The summed E-state index contributed by atoms with van der Waals surface area (Å²) in [5.74, 6) is 0.171. The second kappa shape index (κ2) is 7.73. The van der Waals surface area contributed by atoms with Crippen LogP contribution >= 0.6 is 0 Å². The zero-order valence-electron chi connectivity index (χ0n) is 16.5. The number of hydrogen-bond donors (Lipinski definition) is 2. The standard InChI is InChI=1S/C22H25N3O3/c1-16-7-8-20(28-2)17(13-16)14-23-9-11-24(12-10-23)15-25-19-6-4-3-5-18(19)21(26)22(25)27/h3-8,13H,9-12,14-15H2,1-2H3/p+2. The highest BCUT2D eigenvalue weighted by Gasteiger charge is 2.38. The molecule has 1 fully saturated rings. The topological polar surface area (TPSA) is 55.5 Å². The van der Waals surface area contributed by atoms with Gasteiger partial charge in [0, 0.05) is 5.56 Å². The van der Waals surface area contributed by atoms with Gasteiger partial charge in [0.15, 0.2) is 6.67 Å². The fourth-order valence-electron chi connectivity index (χ4n) is 4.24. The van der Waals surface area contributed by atoms with Crippen LogP contribution in [0.3, 0.4) is 0 Å². The van der Waals surface area contributed by atoms with Crippen molar-refractivity contribution < 1.29 is 24.1 Å². The molecular formula is C22H27N3O3+2. The number of hydrogen-bond acceptors (Lipinski definition) is 3. The van der Waals surface area contributed by atoms with E-state index in [0.717, 1.165) is 44.2 Å². The van der Waals surface area contributed by atoms with Gasteiger partial charge in [-0.15, -0.1) is 0 Å². The molecule has 1 amide bonds. The fourth-order valence-corrected chi connectivity index (χ4v) is 4.24. The van der Waals surface area contributed by atoms with Crippen molar-refractivity contribution in [2.24, 2.45) is 0 Å². The number of ether oxygens (including phenoxy) is 1. The molecule has 0 aliphatic carbocycles. The molecule has 0 saturated carbocycles. The molecule has 0 aromatic heterocycles. The Bertz CT molecular complexity index is 904. The van der Waals surface area contributed by atoms with Gasteiger partial charge in [0.2, 0.25) is 0 Å². The number of nitrogens with one attached hydrogen (secondary N) is 2. The highest BCUT2D eigenvalue weighted by Crippen LogP contribution is 2.27. The van der Waals surface area contributed by atoms with Crippen molar-refractivity contribution in [3.63, 3.8) is 0 Å². The van der Waals surface area contributed by atoms with E-state index in [1.165, 1.54) is 20.9 Å². The Hall–Kier alpha value is -2.70. The molecule has 0 unspecified atom stereocenters. The largest absolute Gasteiger partial charge is 0.496 e. The number of ketones is 1. The normalized spacial score (nSPS) is 21.7. The predicted octanol–water partition coefficient (Wildman–Crippen LogP) is -0.526. The molecule has 2 N–H and O–H groups in total. The minimum absolute atomic E-state index is 0.384. The van der Waals surface area contributed by atoms with Crippen LogP contribution in [0.2, 0.25) is 0 Å². The number of para-hydroxylation sites is 1. The average Bonchev–Trinajstić information content (AvgIpc) is 2.95. The molecule has 6 heteroatoms. The quantitative estimate of drug-likeness (QED) is 0.685. The maximum Gasteiger partial charge on any atom is 0.303 e. The number of Topliss-reactive ketones (excluding diaryl/α,β-unsaturated/α-hetero) is 1. The van der Waals surface area contributed by atoms with Crippen LogP contribution in [-0.2, 0) is 11.3 Å². The summed E-state index contributed by atoms with van der Waals surface area (Å²) in [6.07, 6.45) is 0. The minimum Gasteiger partial charge on any atom is -0.496 e. The molecule has 2 aromatic rings. The van der Waals surface area contributed by atoms with Crippen LogP contribution in [0.4, 0.5) is 5.69 Å². The first kappa shape index (κ1) is 18.7. The lowest BCUT2D eigenvalue weighted by molar-refractivity contribution is -1.02. The van der Waals surface area contributed by atoms with Gasteiger partial charge in [-0.3, -0.25) is 14.5 Å². The summed E-state index contributed by atoms with van der Waals surface area (Å²) in [5, 5.41) is 0. The van der Waals surface area contributed by atoms with Crippen LogP contribution in [0.5, 0.6) is 5.75 Å². The third-order valence-corrected chi connectivity index (χ3v) is 5.80. The summed E-state index contributed by atoms with van der Waals surface area (Å²) < 4.78 is 5.51. The van der Waals surface area contributed by atoms with E-state index >= 15 is 0 Å². The predicted molar refractivity (Wildman–Crippen MR) is 106 cm³/mol. The lowest BCUT2D eigenvalue weighted by Gasteiger charge is -2.32. The van der Waals surface area contributed by atoms with Crippen molar-refractivity contribution in [2.75, 3.05) is 44.9 Å². The second-order valence-electron chi connectivity index (χ2n) is 7.73. The number of carbonyl (C=O) groups excluding carboxylic acids is 2. The van der Waals surface area contributed by atoms with E-state index in [4.69, 9.17) is 4.74 Å². The molecule has 0 bridgehead atoms. The van der Waals surface area contributed by atoms with E-state index in [9.17, 15) is 9.59 Å². The summed E-state index contributed by atoms with van der Waals surface area (Å²) in [7, 11) is 1.72. The molecule has 1 saturated heterocycles. The Morgan fingerprint density at radius 2 is 1.71 bits per heavy atom. The SMILES string of the molecule is COc1ccc(C)cc1C[NH+]1CC[NH+](CN2C(=O)C(=O)c3ccccc32)CC1. The van der Waals surface area contributed by atoms with Gasteiger partial charge in [0.1, 0.15) is 38.5 Å². The Morgan fingerprint density at radius 3 is 2.46 bits per heavy atom. The Morgan fingerprint density at radius 1 is 1.00 bits per heavy atom. The lowest BCUT2D eigenvalue weighted by atomic mass is 10.1. The smallest absolute Gasteiger partial charge is 0.303 e. The van der Waals surface area contributed by atoms with Gasteiger partial charge < -0.3 is 14.5 Å². The van der Waals surface area contributed by atoms with E-state index in [1.54, 1.807) is 18.1 Å². The number of carbonyl (C=O) groups is 2. The maximum absolute atomic E-state index is 12.4. The zero-order chi connectivity index (χ0) is 19.7. The van der Waals surface area contributed by atoms with Crippen LogP contribution in [0.15, 0.2) is 42.5 Å². The summed E-state index contributed by atoms with van der Waals surface area (Å²) >= 11 is 0. The van der Waals surface area contributed by atoms with Crippen molar-refractivity contribution in [1.82, 2.24) is 0 Å². The van der Waals surface area contributed by atoms with Gasteiger partial charge in [0.25, 0.3) is 5.78 Å². The van der Waals surface area contributed by atoms with E-state index < -0.39 is 5.91 Å². The number of fused-ring (bicyclic) bond motifs is 1. The number of methoxy groups -OCH3 is 1. The Labute approximate surface area is 165 Å². The van der Waals surface area contributed by atoms with Crippen molar-refractivity contribution in [3.8, 4) is 5.75 Å². The first-order valence-electron chi connectivity index (χ1n) is 9.82. The van der Waals surface area contributed by atoms with E-state index in [0.29, 0.717) is 12.2 Å². The van der Waals surface area contributed by atoms with Gasteiger partial charge in [-0.05, 0) is 31.2 Å². The number of nitrogens with zero attached hydrogens (tertiary/aromatic N) is 1. The lowest BCUT2D eigenvalue weighted by Crippen LogP contribution is -3.28. The van der Waals surface area contributed by atoms with Crippen LogP contribution in [0.1, 0.15) is 21.5 Å². The van der Waals surface area contributed by atoms with Gasteiger partial charge in [-0.1, -0.05) is 23.8 Å². The van der Waals surface area contributed by atoms with E-state index in [2.05, 4.69) is 19.1 Å². The summed E-state index contributed by atoms with van der Waals surface area (Å²) in [6, 6.07) is 13.6. The monoisotopic (exact) mass is 381 g/mol. The average molecular weight is 381 g/mol. The van der Waals surface area contributed by atoms with Crippen LogP contribution < -0.4 is 19.4 Å². The van der Waals surface area contributed by atoms with Gasteiger partial charge >= 0.3 is 5.91 Å². The fraction of sp³-hybridized carbons (Fsp3) is 0.364. The van der Waals surface area contributed by atoms with E-state index in [-0.39, 0.29) is 5.78 Å². The van der Waals surface area contributed by atoms with Gasteiger partial charge in [0.05, 0.1) is 18.4 Å². The third kappa shape index (κ3) is 3.53. The van der Waals surface area contributed by atoms with E-state index in [1.807, 2.05) is 24.3 Å². The third-order valence-electron chi connectivity index (χ3n) is 5.80. The molecule has 6 nitrogen and oxygen atoms in total. The summed E-state index contributed by atoms with van der Waals surface area (Å²) in [5.41, 5.74) is 3.78. The molecule has 2 aliphatic heterocycles. The first-order valence-corrected chi connectivity index (χ1v) is 9.82. The number of quaternary nitrogens is 2. The molecule has 4 rings (SSSR count). The molecule has 146 valence electrons. The summed E-state index contributed by atoms with van der Waals surface area (Å²) in [4.78, 5) is 29.1. The van der Waals surface area contributed by atoms with Crippen molar-refractivity contribution in [3.05, 3.63) is 59.2 Å². The Kier molecular flexibility index (Phi) is 5.15. The molecule has 28 heavy (non-hydrogen) atoms. The van der Waals surface area contributed by atoms with Crippen LogP contribution in [0.25, 0.3) is 0 Å². The molecule has 0 spiro atoms. The number of benzene rings is 2. The number of piperazine rings is 1. The number of rotatable bonds is 5. The molecular weight excluding hydrogens is 354 g/mol. The minimum atomic E-state index is -0.395. The Balaban J connectivity index is 1.37. The number of amides is 1. The molecule has 2 heterocycles. The number of anilines is 1. The summed E-state index contributed by atoms with van der Waals surface area (Å²) in [6.45, 7) is 7.62. The zero-order valence-corrected chi connectivity index (χ0v) is 16.5. The maximum atomic E-state index is 12.4. The van der Waals surface area contributed by atoms with Gasteiger partial charge in [-0.2, -0.15) is 0 Å². The first-order chi connectivity index (χ1) is 13.6. The molecule has 2 aliphatic rings. The molecule has 0 atom stereocenters. The van der Waals surface area contributed by atoms with Crippen LogP contribution in [-0.4, -0.2) is 51.6 Å². The van der Waals surface area contributed by atoms with Gasteiger partial charge in [-0.25, -0.2) is 0 Å².